The van der Waals surface area contributed by atoms with Gasteiger partial charge in [0.05, 0.1) is 15.4 Å². The van der Waals surface area contributed by atoms with Crippen LogP contribution >= 0.6 is 15.9 Å². The highest BCUT2D eigenvalue weighted by Crippen LogP contribution is 2.33. The molecule has 1 aliphatic heterocycles. The third-order valence-corrected chi connectivity index (χ3v) is 10.2. The molecule has 1 saturated carbocycles. The second-order valence-corrected chi connectivity index (χ2v) is 11.5. The minimum atomic E-state index is -3.63. The van der Waals surface area contributed by atoms with Crippen LogP contribution in [0.25, 0.3) is 0 Å². The average Bonchev–Trinajstić information content (AvgIpc) is 2.46. The van der Waals surface area contributed by atoms with Crippen molar-refractivity contribution in [3.8, 4) is 0 Å². The van der Waals surface area contributed by atoms with Gasteiger partial charge in [-0.05, 0) is 40.9 Å². The first-order chi connectivity index (χ1) is 10.8. The molecule has 1 aromatic rings. The van der Waals surface area contributed by atoms with Crippen molar-refractivity contribution in [3.05, 3.63) is 28.7 Å². The highest BCUT2D eigenvalue weighted by molar-refractivity contribution is 9.10. The van der Waals surface area contributed by atoms with Crippen LogP contribution in [0.15, 0.2) is 33.6 Å². The van der Waals surface area contributed by atoms with Crippen molar-refractivity contribution in [2.24, 2.45) is 0 Å². The normalized spacial score (nSPS) is 22.0. The molecule has 1 aromatic carbocycles. The Morgan fingerprint density at radius 2 is 1.52 bits per heavy atom. The molecule has 0 spiro atoms. The number of sulfonamides is 1. The Bertz CT molecular complexity index is 779. The molecule has 1 saturated heterocycles. The van der Waals surface area contributed by atoms with E-state index in [0.29, 0.717) is 4.47 Å². The lowest BCUT2D eigenvalue weighted by molar-refractivity contribution is 0.306. The molecule has 0 amide bonds. The van der Waals surface area contributed by atoms with E-state index in [1.165, 1.54) is 10.4 Å². The highest BCUT2D eigenvalue weighted by atomic mass is 79.9. The standard InChI is InChI=1S/C15H20BrNO4S2/c16-14-8-4-5-9-15(14)23(20,21)17-10-13(11-17)22(18,19)12-6-2-1-3-7-12/h4-5,8-9,12-13H,1-3,6-7,10-11H2. The van der Waals surface area contributed by atoms with Crippen molar-refractivity contribution in [1.82, 2.24) is 4.31 Å². The summed E-state index contributed by atoms with van der Waals surface area (Å²) in [5.41, 5.74) is 0. The van der Waals surface area contributed by atoms with Gasteiger partial charge in [-0.3, -0.25) is 0 Å². The average molecular weight is 422 g/mol. The summed E-state index contributed by atoms with van der Waals surface area (Å²) in [5.74, 6) is 0. The van der Waals surface area contributed by atoms with Gasteiger partial charge in [0.1, 0.15) is 0 Å². The van der Waals surface area contributed by atoms with Crippen molar-refractivity contribution < 1.29 is 16.8 Å². The summed E-state index contributed by atoms with van der Waals surface area (Å²) in [7, 11) is -6.86. The molecule has 2 fully saturated rings. The number of benzene rings is 1. The fraction of sp³-hybridized carbons (Fsp3) is 0.600. The number of hydrogen-bond acceptors (Lipinski definition) is 4. The first-order valence-electron chi connectivity index (χ1n) is 7.81. The van der Waals surface area contributed by atoms with Crippen LogP contribution < -0.4 is 0 Å². The van der Waals surface area contributed by atoms with Gasteiger partial charge in [-0.1, -0.05) is 31.4 Å². The molecule has 0 unspecified atom stereocenters. The Kier molecular flexibility index (Phi) is 4.88. The Labute approximate surface area is 146 Å². The molecule has 0 radical (unpaired) electrons. The lowest BCUT2D eigenvalue weighted by Gasteiger charge is -2.39. The molecule has 3 rings (SSSR count). The molecule has 0 N–H and O–H groups in total. The quantitative estimate of drug-likeness (QED) is 0.748. The highest BCUT2D eigenvalue weighted by Gasteiger charge is 2.46. The van der Waals surface area contributed by atoms with Gasteiger partial charge in [0.15, 0.2) is 9.84 Å². The van der Waals surface area contributed by atoms with Gasteiger partial charge < -0.3 is 0 Å². The first-order valence-corrected chi connectivity index (χ1v) is 11.6. The Morgan fingerprint density at radius 3 is 2.13 bits per heavy atom. The SMILES string of the molecule is O=S(=O)(C1CCCCC1)C1CN(S(=O)(=O)c2ccccc2Br)C1. The minimum Gasteiger partial charge on any atom is -0.228 e. The van der Waals surface area contributed by atoms with Crippen LogP contribution in [0, 0.1) is 0 Å². The maximum Gasteiger partial charge on any atom is 0.244 e. The summed E-state index contributed by atoms with van der Waals surface area (Å²) >= 11 is 3.25. The van der Waals surface area contributed by atoms with E-state index in [1.807, 2.05) is 0 Å². The van der Waals surface area contributed by atoms with Crippen LogP contribution in [0.2, 0.25) is 0 Å². The van der Waals surface area contributed by atoms with Crippen molar-refractivity contribution in [2.45, 2.75) is 47.5 Å². The summed E-state index contributed by atoms with van der Waals surface area (Å²) in [6, 6.07) is 6.61. The van der Waals surface area contributed by atoms with Crippen molar-refractivity contribution in [1.29, 1.82) is 0 Å². The Balaban J connectivity index is 1.72. The van der Waals surface area contributed by atoms with Crippen molar-refractivity contribution >= 4 is 35.8 Å². The summed E-state index contributed by atoms with van der Waals surface area (Å²) in [4.78, 5) is 0.188. The van der Waals surface area contributed by atoms with Crippen LogP contribution in [0.5, 0.6) is 0 Å². The first kappa shape index (κ1) is 17.4. The third kappa shape index (κ3) is 3.23. The predicted octanol–water partition coefficient (Wildman–Crippen LogP) is 2.57. The van der Waals surface area contributed by atoms with Gasteiger partial charge >= 0.3 is 0 Å². The van der Waals surface area contributed by atoms with E-state index in [2.05, 4.69) is 15.9 Å². The van der Waals surface area contributed by atoms with Crippen LogP contribution in [0.4, 0.5) is 0 Å². The van der Waals surface area contributed by atoms with Gasteiger partial charge in [0.25, 0.3) is 0 Å². The van der Waals surface area contributed by atoms with Gasteiger partial charge in [-0.15, -0.1) is 0 Å². The number of rotatable bonds is 4. The second-order valence-electron chi connectivity index (χ2n) is 6.22. The maximum atomic E-state index is 12.6. The smallest absolute Gasteiger partial charge is 0.228 e. The third-order valence-electron chi connectivity index (χ3n) is 4.75. The zero-order valence-corrected chi connectivity index (χ0v) is 15.9. The van der Waals surface area contributed by atoms with Crippen molar-refractivity contribution in [2.75, 3.05) is 13.1 Å². The van der Waals surface area contributed by atoms with E-state index < -0.39 is 25.1 Å². The topological polar surface area (TPSA) is 71.5 Å². The molecule has 1 heterocycles. The van der Waals surface area contributed by atoms with Gasteiger partial charge in [-0.2, -0.15) is 4.31 Å². The molecule has 0 atom stereocenters. The lowest BCUT2D eigenvalue weighted by atomic mass is 10.0. The van der Waals surface area contributed by atoms with E-state index in [0.717, 1.165) is 32.1 Å². The summed E-state index contributed by atoms with van der Waals surface area (Å²) in [6.45, 7) is 0.144. The van der Waals surface area contributed by atoms with E-state index >= 15 is 0 Å². The Morgan fingerprint density at radius 1 is 0.913 bits per heavy atom. The van der Waals surface area contributed by atoms with Crippen LogP contribution in [-0.2, 0) is 19.9 Å². The monoisotopic (exact) mass is 421 g/mol. The number of sulfone groups is 1. The summed E-state index contributed by atoms with van der Waals surface area (Å²) in [6.07, 6.45) is 4.44. The van der Waals surface area contributed by atoms with Crippen LogP contribution in [0.3, 0.4) is 0 Å². The molecule has 5 nitrogen and oxygen atoms in total. The lowest BCUT2D eigenvalue weighted by Crippen LogP contribution is -2.58. The molecule has 2 aliphatic rings. The number of hydrogen-bond donors (Lipinski definition) is 0. The van der Waals surface area contributed by atoms with Crippen LogP contribution in [0.1, 0.15) is 32.1 Å². The van der Waals surface area contributed by atoms with E-state index in [1.54, 1.807) is 18.2 Å². The van der Waals surface area contributed by atoms with Gasteiger partial charge in [-0.25, -0.2) is 16.8 Å². The fourth-order valence-electron chi connectivity index (χ4n) is 3.26. The zero-order valence-electron chi connectivity index (χ0n) is 12.7. The molecule has 128 valence electrons. The fourth-order valence-corrected chi connectivity index (χ4v) is 8.26. The number of halogens is 1. The molecule has 1 aliphatic carbocycles. The maximum absolute atomic E-state index is 12.6. The van der Waals surface area contributed by atoms with Gasteiger partial charge in [0.2, 0.25) is 10.0 Å². The number of nitrogens with zero attached hydrogens (tertiary/aromatic N) is 1. The zero-order chi connectivity index (χ0) is 16.7. The van der Waals surface area contributed by atoms with E-state index in [4.69, 9.17) is 0 Å². The minimum absolute atomic E-state index is 0.0719. The molecule has 23 heavy (non-hydrogen) atoms. The molecular formula is C15H20BrNO4S2. The van der Waals surface area contributed by atoms with E-state index in [-0.39, 0.29) is 23.2 Å². The Hall–Kier alpha value is -0.440. The second kappa shape index (κ2) is 6.46. The van der Waals surface area contributed by atoms with E-state index in [9.17, 15) is 16.8 Å². The van der Waals surface area contributed by atoms with Gasteiger partial charge in [0, 0.05) is 17.6 Å². The largest absolute Gasteiger partial charge is 0.244 e. The molecular weight excluding hydrogens is 402 g/mol. The summed E-state index contributed by atoms with van der Waals surface area (Å²) < 4.78 is 52.2. The molecule has 8 heteroatoms. The van der Waals surface area contributed by atoms with Crippen LogP contribution in [-0.4, -0.2) is 44.7 Å². The predicted molar refractivity (Wildman–Crippen MR) is 92.5 cm³/mol. The van der Waals surface area contributed by atoms with Crippen molar-refractivity contribution in [3.63, 3.8) is 0 Å². The summed E-state index contributed by atoms with van der Waals surface area (Å²) in [5, 5.41) is -0.836. The molecule has 0 bridgehead atoms. The molecule has 0 aromatic heterocycles.